The maximum atomic E-state index is 2.38. The standard InChI is InChI=1S/C9H19B/c1-6-8(2)7-9(3)10(4)5/h7-8H,6H2,1-5H3/b9-7-. The summed E-state index contributed by atoms with van der Waals surface area (Å²) in [7, 11) is 0. The molecule has 0 aliphatic rings. The maximum absolute atomic E-state index is 2.38. The van der Waals surface area contributed by atoms with Gasteiger partial charge in [-0.25, -0.2) is 0 Å². The van der Waals surface area contributed by atoms with E-state index in [2.05, 4.69) is 40.5 Å². The van der Waals surface area contributed by atoms with Crippen LogP contribution in [0.1, 0.15) is 27.2 Å². The van der Waals surface area contributed by atoms with Gasteiger partial charge in [0, 0.05) is 0 Å². The Morgan fingerprint density at radius 3 is 2.30 bits per heavy atom. The summed E-state index contributed by atoms with van der Waals surface area (Å²) in [5.41, 5.74) is 1.52. The largest absolute Gasteiger partial charge is 0.163 e. The zero-order valence-electron chi connectivity index (χ0n) is 7.94. The Labute approximate surface area is 65.8 Å². The van der Waals surface area contributed by atoms with E-state index in [0.717, 1.165) is 5.92 Å². The first-order valence-electron chi connectivity index (χ1n) is 4.26. The summed E-state index contributed by atoms with van der Waals surface area (Å²) >= 11 is 0. The van der Waals surface area contributed by atoms with Crippen LogP contribution in [-0.4, -0.2) is 6.71 Å². The van der Waals surface area contributed by atoms with E-state index in [1.165, 1.54) is 11.9 Å². The van der Waals surface area contributed by atoms with E-state index in [1.807, 2.05) is 0 Å². The predicted octanol–water partition coefficient (Wildman–Crippen LogP) is 3.27. The van der Waals surface area contributed by atoms with Crippen LogP contribution >= 0.6 is 0 Å². The summed E-state index contributed by atoms with van der Waals surface area (Å²) in [6.45, 7) is 11.9. The highest BCUT2D eigenvalue weighted by atomic mass is 14.0. The fourth-order valence-corrected chi connectivity index (χ4v) is 0.759. The van der Waals surface area contributed by atoms with E-state index in [-0.39, 0.29) is 0 Å². The van der Waals surface area contributed by atoms with Crippen LogP contribution in [0.25, 0.3) is 0 Å². The summed E-state index contributed by atoms with van der Waals surface area (Å²) < 4.78 is 0. The molecule has 0 aromatic heterocycles. The maximum Gasteiger partial charge on any atom is 0.163 e. The molecular weight excluding hydrogens is 119 g/mol. The Kier molecular flexibility index (Phi) is 4.50. The lowest BCUT2D eigenvalue weighted by atomic mass is 9.49. The van der Waals surface area contributed by atoms with Gasteiger partial charge in [0.05, 0.1) is 0 Å². The third kappa shape index (κ3) is 3.76. The average molecular weight is 138 g/mol. The van der Waals surface area contributed by atoms with E-state index in [1.54, 1.807) is 0 Å². The van der Waals surface area contributed by atoms with Crippen LogP contribution in [0.3, 0.4) is 0 Å². The first kappa shape index (κ1) is 9.80. The van der Waals surface area contributed by atoms with Crippen LogP contribution in [0.5, 0.6) is 0 Å². The van der Waals surface area contributed by atoms with Gasteiger partial charge in [0.2, 0.25) is 0 Å². The summed E-state index contributed by atoms with van der Waals surface area (Å²) in [6, 6.07) is 0. The van der Waals surface area contributed by atoms with E-state index in [0.29, 0.717) is 6.71 Å². The molecule has 0 aliphatic carbocycles. The lowest BCUT2D eigenvalue weighted by molar-refractivity contribution is 0.695. The Morgan fingerprint density at radius 2 is 2.00 bits per heavy atom. The molecule has 0 spiro atoms. The first-order chi connectivity index (χ1) is 4.57. The number of hydrogen-bond acceptors (Lipinski definition) is 0. The van der Waals surface area contributed by atoms with Gasteiger partial charge in [0.25, 0.3) is 0 Å². The third-order valence-corrected chi connectivity index (χ3v) is 2.10. The fourth-order valence-electron chi connectivity index (χ4n) is 0.759. The highest BCUT2D eigenvalue weighted by Crippen LogP contribution is 2.08. The smallest absolute Gasteiger partial charge is 0.108 e. The number of hydrogen-bond donors (Lipinski definition) is 0. The van der Waals surface area contributed by atoms with Gasteiger partial charge in [-0.3, -0.25) is 0 Å². The van der Waals surface area contributed by atoms with Crippen molar-refractivity contribution in [3.8, 4) is 0 Å². The van der Waals surface area contributed by atoms with Gasteiger partial charge in [0.1, 0.15) is 0 Å². The van der Waals surface area contributed by atoms with Gasteiger partial charge in [0.15, 0.2) is 6.71 Å². The minimum absolute atomic E-state index is 0.717. The molecular formula is C9H19B. The quantitative estimate of drug-likeness (QED) is 0.525. The molecule has 10 heavy (non-hydrogen) atoms. The Balaban J connectivity index is 3.89. The summed E-state index contributed by atoms with van der Waals surface area (Å²) in [5.74, 6) is 0.752. The minimum atomic E-state index is 0.717. The number of allylic oxidation sites excluding steroid dienone is 2. The van der Waals surface area contributed by atoms with Crippen LogP contribution < -0.4 is 0 Å². The lowest BCUT2D eigenvalue weighted by Crippen LogP contribution is -2.03. The zero-order valence-corrected chi connectivity index (χ0v) is 7.94. The molecule has 0 bridgehead atoms. The molecule has 0 N–H and O–H groups in total. The minimum Gasteiger partial charge on any atom is -0.108 e. The molecule has 0 fully saturated rings. The van der Waals surface area contributed by atoms with E-state index >= 15 is 0 Å². The molecule has 0 saturated heterocycles. The SMILES string of the molecule is CCC(C)/C=C(/C)B(C)C. The molecule has 0 aliphatic heterocycles. The molecule has 0 amide bonds. The average Bonchev–Trinajstić information content (AvgIpc) is 1.87. The summed E-state index contributed by atoms with van der Waals surface area (Å²) in [5, 5.41) is 0. The van der Waals surface area contributed by atoms with Gasteiger partial charge in [-0.2, -0.15) is 0 Å². The molecule has 0 rings (SSSR count). The molecule has 0 saturated carbocycles. The topological polar surface area (TPSA) is 0 Å². The molecule has 58 valence electrons. The van der Waals surface area contributed by atoms with Crippen LogP contribution in [0.15, 0.2) is 11.5 Å². The van der Waals surface area contributed by atoms with E-state index < -0.39 is 0 Å². The van der Waals surface area contributed by atoms with Crippen LogP contribution in [-0.2, 0) is 0 Å². The first-order valence-corrected chi connectivity index (χ1v) is 4.26. The van der Waals surface area contributed by atoms with Crippen LogP contribution in [0, 0.1) is 5.92 Å². The van der Waals surface area contributed by atoms with Crippen molar-refractivity contribution in [3.05, 3.63) is 11.5 Å². The van der Waals surface area contributed by atoms with Gasteiger partial charge in [-0.15, -0.1) is 5.47 Å². The Morgan fingerprint density at radius 1 is 1.50 bits per heavy atom. The lowest BCUT2D eigenvalue weighted by Gasteiger charge is -2.06. The molecule has 0 heterocycles. The van der Waals surface area contributed by atoms with Gasteiger partial charge in [-0.1, -0.05) is 46.9 Å². The normalized spacial score (nSPS) is 15.1. The van der Waals surface area contributed by atoms with Crippen LogP contribution in [0.2, 0.25) is 13.6 Å². The van der Waals surface area contributed by atoms with Gasteiger partial charge >= 0.3 is 0 Å². The molecule has 1 heteroatoms. The van der Waals surface area contributed by atoms with E-state index in [4.69, 9.17) is 0 Å². The third-order valence-electron chi connectivity index (χ3n) is 2.10. The van der Waals surface area contributed by atoms with Crippen molar-refractivity contribution >= 4 is 6.71 Å². The molecule has 0 aromatic carbocycles. The number of rotatable bonds is 3. The van der Waals surface area contributed by atoms with Crippen molar-refractivity contribution in [2.45, 2.75) is 40.8 Å². The van der Waals surface area contributed by atoms with Crippen molar-refractivity contribution in [2.24, 2.45) is 5.92 Å². The van der Waals surface area contributed by atoms with Crippen molar-refractivity contribution in [1.82, 2.24) is 0 Å². The van der Waals surface area contributed by atoms with Crippen LogP contribution in [0.4, 0.5) is 0 Å². The van der Waals surface area contributed by atoms with Gasteiger partial charge < -0.3 is 0 Å². The Hall–Kier alpha value is -0.195. The second kappa shape index (κ2) is 4.59. The van der Waals surface area contributed by atoms with Gasteiger partial charge in [-0.05, 0) is 5.92 Å². The van der Waals surface area contributed by atoms with Crippen molar-refractivity contribution < 1.29 is 0 Å². The second-order valence-electron chi connectivity index (χ2n) is 3.45. The molecule has 1 unspecified atom stereocenters. The Bertz CT molecular complexity index is 114. The van der Waals surface area contributed by atoms with Crippen molar-refractivity contribution in [3.63, 3.8) is 0 Å². The monoisotopic (exact) mass is 138 g/mol. The molecule has 0 aromatic rings. The second-order valence-corrected chi connectivity index (χ2v) is 3.45. The molecule has 0 radical (unpaired) electrons. The molecule has 0 nitrogen and oxygen atoms in total. The summed E-state index contributed by atoms with van der Waals surface area (Å²) in [4.78, 5) is 0. The van der Waals surface area contributed by atoms with Crippen molar-refractivity contribution in [2.75, 3.05) is 0 Å². The predicted molar refractivity (Wildman–Crippen MR) is 50.7 cm³/mol. The summed E-state index contributed by atoms with van der Waals surface area (Å²) in [6.07, 6.45) is 3.63. The zero-order chi connectivity index (χ0) is 8.15. The highest BCUT2D eigenvalue weighted by Gasteiger charge is 2.01. The van der Waals surface area contributed by atoms with Crippen molar-refractivity contribution in [1.29, 1.82) is 0 Å². The highest BCUT2D eigenvalue weighted by molar-refractivity contribution is 6.63. The molecule has 1 atom stereocenters. The fraction of sp³-hybridized carbons (Fsp3) is 0.778. The van der Waals surface area contributed by atoms with E-state index in [9.17, 15) is 0 Å².